The van der Waals surface area contributed by atoms with Gasteiger partial charge in [0, 0.05) is 0 Å². The molecule has 1 aromatic carbocycles. The zero-order valence-corrected chi connectivity index (χ0v) is 12.0. The van der Waals surface area contributed by atoms with Crippen LogP contribution in [0.25, 0.3) is 0 Å². The number of benzene rings is 1. The lowest BCUT2D eigenvalue weighted by molar-refractivity contribution is -0.870. The van der Waals surface area contributed by atoms with Crippen LogP contribution in [0.3, 0.4) is 0 Å². The summed E-state index contributed by atoms with van der Waals surface area (Å²) in [6.45, 7) is 1.58. The number of nitrogens with zero attached hydrogens (tertiary/aromatic N) is 1. The maximum absolute atomic E-state index is 11.4. The van der Waals surface area contributed by atoms with Gasteiger partial charge in [-0.25, -0.2) is 4.79 Å². The molecule has 0 atom stereocenters. The summed E-state index contributed by atoms with van der Waals surface area (Å²) >= 11 is 0. The van der Waals surface area contributed by atoms with Crippen molar-refractivity contribution in [2.24, 2.45) is 0 Å². The molecule has 0 radical (unpaired) electrons. The van der Waals surface area contributed by atoms with Crippen molar-refractivity contribution < 1.29 is 28.3 Å². The van der Waals surface area contributed by atoms with Crippen molar-refractivity contribution in [1.82, 2.24) is 0 Å². The summed E-state index contributed by atoms with van der Waals surface area (Å²) in [5.41, 5.74) is 0.808. The fraction of sp³-hybridized carbons (Fsp3) is 0.429. The molecule has 1 aromatic rings. The van der Waals surface area contributed by atoms with Crippen LogP contribution >= 0.6 is 0 Å². The molecule has 110 valence electrons. The van der Waals surface area contributed by atoms with Gasteiger partial charge in [-0.3, -0.25) is 4.79 Å². The molecule has 0 saturated carbocycles. The topological polar surface area (TPSA) is 61.8 Å². The third-order valence-electron chi connectivity index (χ3n) is 2.42. The lowest BCUT2D eigenvalue weighted by Gasteiger charge is -2.23. The van der Waals surface area contributed by atoms with Gasteiger partial charge in [0.25, 0.3) is 6.47 Å². The molecule has 0 heterocycles. The summed E-state index contributed by atoms with van der Waals surface area (Å²) in [5.74, 6) is 0.384. The summed E-state index contributed by atoms with van der Waals surface area (Å²) in [6.07, 6.45) is -0.727. The first kappa shape index (κ1) is 16.0. The summed E-state index contributed by atoms with van der Waals surface area (Å²) in [7, 11) is 6.03. The maximum Gasteiger partial charge on any atom is 0.514 e. The van der Waals surface area contributed by atoms with Crippen LogP contribution in [-0.2, 0) is 20.9 Å². The normalized spacial score (nSPS) is 10.8. The molecule has 0 unspecified atom stereocenters. The first-order valence-corrected chi connectivity index (χ1v) is 6.20. The van der Waals surface area contributed by atoms with Gasteiger partial charge in [0.1, 0.15) is 25.5 Å². The van der Waals surface area contributed by atoms with Gasteiger partial charge >= 0.3 is 6.16 Å². The molecule has 20 heavy (non-hydrogen) atoms. The van der Waals surface area contributed by atoms with E-state index in [9.17, 15) is 9.59 Å². The van der Waals surface area contributed by atoms with Gasteiger partial charge in [-0.2, -0.15) is 0 Å². The highest BCUT2D eigenvalue weighted by molar-refractivity contribution is 5.63. The van der Waals surface area contributed by atoms with Crippen LogP contribution in [0, 0.1) is 0 Å². The van der Waals surface area contributed by atoms with E-state index in [0.717, 1.165) is 5.56 Å². The molecular weight excluding hydrogens is 262 g/mol. The molecule has 6 nitrogen and oxygen atoms in total. The molecule has 0 bridgehead atoms. The Morgan fingerprint density at radius 1 is 1.20 bits per heavy atom. The van der Waals surface area contributed by atoms with Crippen LogP contribution in [0.5, 0.6) is 5.75 Å². The Bertz CT molecular complexity index is 436. The van der Waals surface area contributed by atoms with Gasteiger partial charge in [-0.1, -0.05) is 12.1 Å². The van der Waals surface area contributed by atoms with Crippen molar-refractivity contribution in [3.05, 3.63) is 29.8 Å². The molecule has 0 amide bonds. The number of quaternary nitrogens is 1. The standard InChI is InChI=1S/C14H20NO5/c1-15(2,3)8-9-19-14(17)20-13-6-4-12(5-7-13)10-18-11-16/h4-7,11H,8-10H2,1-3H3/q+1. The molecule has 0 aliphatic heterocycles. The minimum atomic E-state index is -0.727. The number of hydrogen-bond acceptors (Lipinski definition) is 5. The third-order valence-corrected chi connectivity index (χ3v) is 2.42. The molecule has 0 aliphatic rings. The number of likely N-dealkylation sites (N-methyl/N-ethyl adjacent to an activating group) is 1. The Kier molecular flexibility index (Phi) is 5.99. The lowest BCUT2D eigenvalue weighted by Crippen LogP contribution is -2.38. The minimum Gasteiger partial charge on any atom is -0.463 e. The predicted octanol–water partition coefficient (Wildman–Crippen LogP) is 1.58. The van der Waals surface area contributed by atoms with E-state index in [1.54, 1.807) is 24.3 Å². The summed E-state index contributed by atoms with van der Waals surface area (Å²) in [4.78, 5) is 21.5. The zero-order chi connectivity index (χ0) is 15.0. The van der Waals surface area contributed by atoms with Gasteiger partial charge in [-0.05, 0) is 17.7 Å². The second-order valence-electron chi connectivity index (χ2n) is 5.27. The van der Waals surface area contributed by atoms with Crippen LogP contribution in [-0.4, -0.2) is 51.4 Å². The average molecular weight is 282 g/mol. The smallest absolute Gasteiger partial charge is 0.463 e. The number of hydrogen-bond donors (Lipinski definition) is 0. The van der Waals surface area contributed by atoms with E-state index in [2.05, 4.69) is 4.74 Å². The first-order chi connectivity index (χ1) is 9.40. The van der Waals surface area contributed by atoms with Crippen molar-refractivity contribution in [2.45, 2.75) is 6.61 Å². The SMILES string of the molecule is C[N+](C)(C)CCOC(=O)Oc1ccc(COC=O)cc1. The highest BCUT2D eigenvalue weighted by Crippen LogP contribution is 2.13. The van der Waals surface area contributed by atoms with E-state index >= 15 is 0 Å². The monoisotopic (exact) mass is 282 g/mol. The van der Waals surface area contributed by atoms with Crippen molar-refractivity contribution in [3.8, 4) is 5.75 Å². The van der Waals surface area contributed by atoms with Crippen molar-refractivity contribution in [2.75, 3.05) is 34.3 Å². The second kappa shape index (κ2) is 7.49. The molecule has 6 heteroatoms. The maximum atomic E-state index is 11.4. The summed E-state index contributed by atoms with van der Waals surface area (Å²) < 4.78 is 15.3. The van der Waals surface area contributed by atoms with Crippen LogP contribution in [0.15, 0.2) is 24.3 Å². The molecule has 0 aliphatic carbocycles. The van der Waals surface area contributed by atoms with Crippen molar-refractivity contribution in [3.63, 3.8) is 0 Å². The molecular formula is C14H20NO5+. The van der Waals surface area contributed by atoms with Crippen LogP contribution in [0.1, 0.15) is 5.56 Å². The van der Waals surface area contributed by atoms with E-state index in [0.29, 0.717) is 29.9 Å². The summed E-state index contributed by atoms with van der Waals surface area (Å²) in [6, 6.07) is 6.64. The Morgan fingerprint density at radius 3 is 2.40 bits per heavy atom. The van der Waals surface area contributed by atoms with Gasteiger partial charge in [0.2, 0.25) is 0 Å². The molecule has 1 rings (SSSR count). The van der Waals surface area contributed by atoms with E-state index in [1.165, 1.54) is 0 Å². The van der Waals surface area contributed by atoms with Crippen LogP contribution < -0.4 is 4.74 Å². The number of carbonyl (C=O) groups excluding carboxylic acids is 2. The summed E-state index contributed by atoms with van der Waals surface area (Å²) in [5, 5.41) is 0. The molecule has 0 fully saturated rings. The molecule has 0 spiro atoms. The Balaban J connectivity index is 2.36. The predicted molar refractivity (Wildman–Crippen MR) is 72.2 cm³/mol. The largest absolute Gasteiger partial charge is 0.514 e. The van der Waals surface area contributed by atoms with Gasteiger partial charge in [0.15, 0.2) is 0 Å². The van der Waals surface area contributed by atoms with Gasteiger partial charge in [-0.15, -0.1) is 0 Å². The third kappa shape index (κ3) is 6.75. The highest BCUT2D eigenvalue weighted by atomic mass is 16.7. The Morgan fingerprint density at radius 2 is 1.85 bits per heavy atom. The van der Waals surface area contributed by atoms with Crippen LogP contribution in [0.2, 0.25) is 0 Å². The number of rotatable bonds is 7. The second-order valence-corrected chi connectivity index (χ2v) is 5.27. The quantitative estimate of drug-likeness (QED) is 0.329. The lowest BCUT2D eigenvalue weighted by atomic mass is 10.2. The van der Waals surface area contributed by atoms with E-state index in [-0.39, 0.29) is 6.61 Å². The zero-order valence-electron chi connectivity index (χ0n) is 12.0. The van der Waals surface area contributed by atoms with E-state index < -0.39 is 6.16 Å². The van der Waals surface area contributed by atoms with E-state index in [1.807, 2.05) is 21.1 Å². The molecule has 0 N–H and O–H groups in total. The average Bonchev–Trinajstić information content (AvgIpc) is 2.36. The molecule has 0 saturated heterocycles. The fourth-order valence-corrected chi connectivity index (χ4v) is 1.31. The van der Waals surface area contributed by atoms with Gasteiger partial charge in [0.05, 0.1) is 21.1 Å². The number of ether oxygens (including phenoxy) is 3. The van der Waals surface area contributed by atoms with E-state index in [4.69, 9.17) is 9.47 Å². The highest BCUT2D eigenvalue weighted by Gasteiger charge is 2.11. The van der Waals surface area contributed by atoms with Crippen molar-refractivity contribution in [1.29, 1.82) is 0 Å². The van der Waals surface area contributed by atoms with Gasteiger partial charge < -0.3 is 18.7 Å². The van der Waals surface area contributed by atoms with Crippen LogP contribution in [0.4, 0.5) is 4.79 Å². The molecule has 0 aromatic heterocycles. The Labute approximate surface area is 118 Å². The number of carbonyl (C=O) groups is 2. The Hall–Kier alpha value is -2.08. The fourth-order valence-electron chi connectivity index (χ4n) is 1.31. The first-order valence-electron chi connectivity index (χ1n) is 6.20. The minimum absolute atomic E-state index is 0.192. The van der Waals surface area contributed by atoms with Crippen molar-refractivity contribution >= 4 is 12.6 Å².